The Morgan fingerprint density at radius 2 is 2.04 bits per heavy atom. The zero-order valence-electron chi connectivity index (χ0n) is 15.5. The number of rotatable bonds is 4. The highest BCUT2D eigenvalue weighted by Gasteiger charge is 2.37. The molecule has 1 aromatic heterocycles. The van der Waals surface area contributed by atoms with Gasteiger partial charge in [-0.1, -0.05) is 43.0 Å². The fraction of sp³-hybridized carbons (Fsp3) is 0.250. The highest BCUT2D eigenvalue weighted by Crippen LogP contribution is 2.37. The van der Waals surface area contributed by atoms with Crippen molar-refractivity contribution < 1.29 is 9.18 Å². The van der Waals surface area contributed by atoms with E-state index in [4.69, 9.17) is 0 Å². The van der Waals surface area contributed by atoms with Crippen LogP contribution in [0, 0.1) is 12.7 Å². The van der Waals surface area contributed by atoms with Gasteiger partial charge in [-0.2, -0.15) is 0 Å². The number of amides is 1. The molecule has 0 unspecified atom stereocenters. The van der Waals surface area contributed by atoms with Crippen molar-refractivity contribution in [3.05, 3.63) is 71.3 Å². The van der Waals surface area contributed by atoms with Crippen LogP contribution in [-0.4, -0.2) is 26.0 Å². The van der Waals surface area contributed by atoms with E-state index in [-0.39, 0.29) is 17.8 Å². The number of nitrogens with one attached hydrogen (secondary N) is 2. The third kappa shape index (κ3) is 3.60. The lowest BCUT2D eigenvalue weighted by atomic mass is 10.0. The van der Waals surface area contributed by atoms with Crippen molar-refractivity contribution in [3.63, 3.8) is 0 Å². The van der Waals surface area contributed by atoms with E-state index in [0.717, 1.165) is 22.6 Å². The van der Waals surface area contributed by atoms with Crippen LogP contribution in [0.3, 0.4) is 0 Å². The van der Waals surface area contributed by atoms with Crippen LogP contribution in [0.15, 0.2) is 53.7 Å². The summed E-state index contributed by atoms with van der Waals surface area (Å²) in [7, 11) is 0. The molecule has 144 valence electrons. The molecule has 0 radical (unpaired) electrons. The monoisotopic (exact) mass is 397 g/mol. The molecule has 0 aliphatic carbocycles. The van der Waals surface area contributed by atoms with E-state index in [0.29, 0.717) is 11.6 Å². The highest BCUT2D eigenvalue weighted by molar-refractivity contribution is 8.00. The van der Waals surface area contributed by atoms with E-state index >= 15 is 0 Å². The second-order valence-corrected chi connectivity index (χ2v) is 7.75. The lowest BCUT2D eigenvalue weighted by molar-refractivity contribution is -0.116. The molecule has 0 spiro atoms. The molecular weight excluding hydrogens is 377 g/mol. The van der Waals surface area contributed by atoms with Crippen molar-refractivity contribution in [1.82, 2.24) is 14.9 Å². The molecule has 2 N–H and O–H groups in total. The molecule has 1 aliphatic heterocycles. The molecule has 6 nitrogen and oxygen atoms in total. The van der Waals surface area contributed by atoms with Gasteiger partial charge in [0, 0.05) is 12.1 Å². The first-order valence-electron chi connectivity index (χ1n) is 9.05. The van der Waals surface area contributed by atoms with E-state index in [9.17, 15) is 9.18 Å². The fourth-order valence-electron chi connectivity index (χ4n) is 3.18. The number of benzene rings is 2. The Balaban J connectivity index is 1.67. The predicted octanol–water partition coefficient (Wildman–Crippen LogP) is 3.69. The van der Waals surface area contributed by atoms with Gasteiger partial charge in [-0.15, -0.1) is 10.2 Å². The van der Waals surface area contributed by atoms with E-state index in [1.165, 1.54) is 23.9 Å². The Morgan fingerprint density at radius 3 is 2.75 bits per heavy atom. The Morgan fingerprint density at radius 1 is 1.25 bits per heavy atom. The van der Waals surface area contributed by atoms with Gasteiger partial charge in [-0.05, 0) is 42.3 Å². The quantitative estimate of drug-likeness (QED) is 0.703. The van der Waals surface area contributed by atoms with Crippen molar-refractivity contribution in [2.75, 3.05) is 10.7 Å². The smallest absolute Gasteiger partial charge is 0.240 e. The third-order valence-corrected chi connectivity index (χ3v) is 5.81. The number of fused-ring (bicyclic) bond motifs is 1. The topological polar surface area (TPSA) is 71.8 Å². The van der Waals surface area contributed by atoms with Crippen LogP contribution in [0.25, 0.3) is 0 Å². The summed E-state index contributed by atoms with van der Waals surface area (Å²) in [5.74, 6) is 0.323. The van der Waals surface area contributed by atoms with Crippen LogP contribution in [0.4, 0.5) is 10.1 Å². The van der Waals surface area contributed by atoms with Crippen molar-refractivity contribution >= 4 is 23.4 Å². The summed E-state index contributed by atoms with van der Waals surface area (Å²) in [5, 5.41) is 11.5. The number of thioether (sulfide) groups is 1. The van der Waals surface area contributed by atoms with Gasteiger partial charge in [0.25, 0.3) is 0 Å². The lowest BCUT2D eigenvalue weighted by Crippen LogP contribution is -2.41. The van der Waals surface area contributed by atoms with Crippen LogP contribution in [-0.2, 0) is 11.2 Å². The number of nitrogens with zero attached hydrogens (tertiary/aromatic N) is 3. The standard InChI is InChI=1S/C20H20FN5OS/c1-3-16-23-24-20-26(16)25-17(13-7-9-14(21)10-8-13)18(28-20)19(27)22-15-6-4-5-12(2)11-15/h4-11,17-18,25H,3H2,1-2H3,(H,22,27)/t17-,18+/m1/s1. The number of carbonyl (C=O) groups is 1. The van der Waals surface area contributed by atoms with Crippen molar-refractivity contribution in [3.8, 4) is 0 Å². The molecule has 1 amide bonds. The minimum absolute atomic E-state index is 0.148. The number of aryl methyl sites for hydroxylation is 2. The summed E-state index contributed by atoms with van der Waals surface area (Å²) >= 11 is 1.35. The van der Waals surface area contributed by atoms with Crippen LogP contribution >= 0.6 is 11.8 Å². The van der Waals surface area contributed by atoms with Gasteiger partial charge in [0.05, 0.1) is 6.04 Å². The summed E-state index contributed by atoms with van der Waals surface area (Å²) < 4.78 is 15.2. The van der Waals surface area contributed by atoms with Crippen LogP contribution in [0.5, 0.6) is 0 Å². The normalized spacial score (nSPS) is 18.2. The molecular formula is C20H20FN5OS. The van der Waals surface area contributed by atoms with E-state index in [1.807, 2.05) is 42.8 Å². The first-order chi connectivity index (χ1) is 13.5. The number of anilines is 1. The maximum Gasteiger partial charge on any atom is 0.240 e. The minimum Gasteiger partial charge on any atom is -0.325 e. The molecule has 0 saturated carbocycles. The summed E-state index contributed by atoms with van der Waals surface area (Å²) in [6.07, 6.45) is 0.705. The SMILES string of the molecule is CCc1nnc2n1N[C@H](c1ccc(F)cc1)[C@@H](C(=O)Nc1cccc(C)c1)S2. The molecule has 0 saturated heterocycles. The Bertz CT molecular complexity index is 1000. The summed E-state index contributed by atoms with van der Waals surface area (Å²) in [6, 6.07) is 13.5. The lowest BCUT2D eigenvalue weighted by Gasteiger charge is -2.33. The van der Waals surface area contributed by atoms with Crippen LogP contribution in [0.2, 0.25) is 0 Å². The summed E-state index contributed by atoms with van der Waals surface area (Å²) in [5.41, 5.74) is 5.97. The molecule has 2 aromatic carbocycles. The van der Waals surface area contributed by atoms with E-state index in [2.05, 4.69) is 20.9 Å². The Labute approximate surface area is 166 Å². The summed E-state index contributed by atoms with van der Waals surface area (Å²) in [4.78, 5) is 13.1. The van der Waals surface area contributed by atoms with Crippen LogP contribution < -0.4 is 10.7 Å². The van der Waals surface area contributed by atoms with Crippen molar-refractivity contribution in [2.24, 2.45) is 0 Å². The fourth-order valence-corrected chi connectivity index (χ4v) is 4.28. The highest BCUT2D eigenvalue weighted by atomic mass is 32.2. The number of halogens is 1. The van der Waals surface area contributed by atoms with Gasteiger partial charge in [-0.25, -0.2) is 9.07 Å². The minimum atomic E-state index is -0.493. The molecule has 8 heteroatoms. The van der Waals surface area contributed by atoms with Crippen LogP contribution in [0.1, 0.15) is 29.9 Å². The average molecular weight is 397 g/mol. The Hall–Kier alpha value is -2.87. The van der Waals surface area contributed by atoms with Crippen molar-refractivity contribution in [2.45, 2.75) is 36.7 Å². The van der Waals surface area contributed by atoms with Gasteiger partial charge >= 0.3 is 0 Å². The number of hydrogen-bond acceptors (Lipinski definition) is 5. The molecule has 0 fully saturated rings. The van der Waals surface area contributed by atoms with E-state index < -0.39 is 5.25 Å². The predicted molar refractivity (Wildman–Crippen MR) is 107 cm³/mol. The van der Waals surface area contributed by atoms with Gasteiger partial charge in [0.15, 0.2) is 5.82 Å². The molecule has 28 heavy (non-hydrogen) atoms. The van der Waals surface area contributed by atoms with Crippen molar-refractivity contribution in [1.29, 1.82) is 0 Å². The van der Waals surface area contributed by atoms with E-state index in [1.54, 1.807) is 12.1 Å². The largest absolute Gasteiger partial charge is 0.325 e. The summed E-state index contributed by atoms with van der Waals surface area (Å²) in [6.45, 7) is 3.97. The van der Waals surface area contributed by atoms with Gasteiger partial charge in [0.2, 0.25) is 11.1 Å². The van der Waals surface area contributed by atoms with Gasteiger partial charge < -0.3 is 10.7 Å². The zero-order chi connectivity index (χ0) is 19.7. The molecule has 1 aliphatic rings. The maximum atomic E-state index is 13.4. The average Bonchev–Trinajstić information content (AvgIpc) is 3.09. The molecule has 0 bridgehead atoms. The Kier molecular flexibility index (Phi) is 5.04. The maximum absolute atomic E-state index is 13.4. The zero-order valence-corrected chi connectivity index (χ0v) is 16.3. The molecule has 3 aromatic rings. The number of aromatic nitrogens is 3. The molecule has 4 rings (SSSR count). The third-order valence-electron chi connectivity index (χ3n) is 4.59. The number of hydrogen-bond donors (Lipinski definition) is 2. The van der Waals surface area contributed by atoms with Gasteiger partial charge in [0.1, 0.15) is 11.1 Å². The first kappa shape index (κ1) is 18.5. The number of carbonyl (C=O) groups excluding carboxylic acids is 1. The first-order valence-corrected chi connectivity index (χ1v) is 9.93. The second kappa shape index (κ2) is 7.63. The molecule has 2 heterocycles. The molecule has 2 atom stereocenters. The second-order valence-electron chi connectivity index (χ2n) is 6.64. The van der Waals surface area contributed by atoms with Gasteiger partial charge in [-0.3, -0.25) is 4.79 Å².